The summed E-state index contributed by atoms with van der Waals surface area (Å²) in [6, 6.07) is 28.0. The molecule has 0 radical (unpaired) electrons. The lowest BCUT2D eigenvalue weighted by Gasteiger charge is -2.07. The van der Waals surface area contributed by atoms with Gasteiger partial charge in [-0.3, -0.25) is 0 Å². The Hall–Kier alpha value is -3.86. The lowest BCUT2D eigenvalue weighted by atomic mass is 10.1. The van der Waals surface area contributed by atoms with Crippen molar-refractivity contribution in [3.63, 3.8) is 0 Å². The molecule has 0 fully saturated rings. The van der Waals surface area contributed by atoms with Crippen LogP contribution in [0.5, 0.6) is 0 Å². The van der Waals surface area contributed by atoms with Gasteiger partial charge < -0.3 is 16.8 Å². The minimum atomic E-state index is 0.0936. The second kappa shape index (κ2) is 7.17. The highest BCUT2D eigenvalue weighted by molar-refractivity contribution is 6.02. The van der Waals surface area contributed by atoms with Crippen molar-refractivity contribution in [2.24, 2.45) is 21.5 Å². The summed E-state index contributed by atoms with van der Waals surface area (Å²) in [6.07, 6.45) is 0. The highest BCUT2D eigenvalue weighted by Gasteiger charge is 2.00. The first kappa shape index (κ1) is 16.6. The lowest BCUT2D eigenvalue weighted by molar-refractivity contribution is 1.40. The minimum absolute atomic E-state index is 0.0936. The quantitative estimate of drug-likeness (QED) is 0.369. The predicted molar refractivity (Wildman–Crippen MR) is 114 cm³/mol. The third-order valence-corrected chi connectivity index (χ3v) is 4.23. The molecule has 0 heterocycles. The van der Waals surface area contributed by atoms with E-state index in [1.54, 1.807) is 0 Å². The van der Waals surface area contributed by atoms with Crippen LogP contribution in [0.25, 0.3) is 21.5 Å². The molecule has 0 aliphatic heterocycles. The van der Waals surface area contributed by atoms with E-state index in [9.17, 15) is 0 Å². The van der Waals surface area contributed by atoms with Crippen molar-refractivity contribution in [2.75, 3.05) is 5.32 Å². The number of hydrogen-bond donors (Lipinski definition) is 3. The number of guanidine groups is 2. The molecule has 5 heteroatoms. The summed E-state index contributed by atoms with van der Waals surface area (Å²) in [4.78, 5) is 8.47. The van der Waals surface area contributed by atoms with Crippen LogP contribution >= 0.6 is 0 Å². The molecule has 0 saturated heterocycles. The predicted octanol–water partition coefficient (Wildman–Crippen LogP) is 4.37. The molecule has 0 unspecified atom stereocenters. The highest BCUT2D eigenvalue weighted by atomic mass is 15.2. The van der Waals surface area contributed by atoms with E-state index in [2.05, 4.69) is 27.4 Å². The molecule has 5 nitrogen and oxygen atoms in total. The Bertz CT molecular complexity index is 1180. The molecule has 0 amide bonds. The van der Waals surface area contributed by atoms with Gasteiger partial charge in [-0.2, -0.15) is 4.99 Å². The Kier molecular flexibility index (Phi) is 4.41. The van der Waals surface area contributed by atoms with Crippen LogP contribution in [-0.2, 0) is 0 Å². The smallest absolute Gasteiger partial charge is 0.223 e. The fourth-order valence-electron chi connectivity index (χ4n) is 2.97. The van der Waals surface area contributed by atoms with Gasteiger partial charge in [0.15, 0.2) is 0 Å². The van der Waals surface area contributed by atoms with Crippen molar-refractivity contribution in [2.45, 2.75) is 0 Å². The van der Waals surface area contributed by atoms with E-state index in [0.717, 1.165) is 32.9 Å². The van der Waals surface area contributed by atoms with Crippen molar-refractivity contribution in [3.8, 4) is 0 Å². The standard InChI is InChI=1S/C22H19N5/c23-21(25-19-11-9-15-5-1-3-7-17(15)13-19)27-22(24)26-20-12-10-16-6-2-4-8-18(16)14-20/h1-14H,(H5,23,24,25,26,27). The maximum absolute atomic E-state index is 5.97. The normalized spacial score (nSPS) is 12.4. The zero-order valence-corrected chi connectivity index (χ0v) is 14.6. The maximum Gasteiger partial charge on any atom is 0.223 e. The number of nitrogens with one attached hydrogen (secondary N) is 1. The molecule has 4 aromatic rings. The zero-order chi connectivity index (χ0) is 18.6. The molecule has 0 aromatic heterocycles. The molecule has 27 heavy (non-hydrogen) atoms. The van der Waals surface area contributed by atoms with Gasteiger partial charge in [-0.15, -0.1) is 0 Å². The molecular formula is C22H19N5. The first-order valence-electron chi connectivity index (χ1n) is 8.60. The Morgan fingerprint density at radius 3 is 1.96 bits per heavy atom. The Labute approximate surface area is 157 Å². The number of nitrogens with two attached hydrogens (primary N) is 2. The number of hydrogen-bond acceptors (Lipinski definition) is 1. The summed E-state index contributed by atoms with van der Waals surface area (Å²) in [5.41, 5.74) is 13.5. The fraction of sp³-hybridized carbons (Fsp3) is 0. The lowest BCUT2D eigenvalue weighted by Crippen LogP contribution is -2.26. The first-order valence-corrected chi connectivity index (χ1v) is 8.60. The van der Waals surface area contributed by atoms with E-state index >= 15 is 0 Å². The van der Waals surface area contributed by atoms with Gasteiger partial charge in [0.25, 0.3) is 0 Å². The first-order chi connectivity index (χ1) is 13.2. The summed E-state index contributed by atoms with van der Waals surface area (Å²) in [7, 11) is 0. The number of benzene rings is 4. The average molecular weight is 353 g/mol. The van der Waals surface area contributed by atoms with Crippen LogP contribution in [0, 0.1) is 0 Å². The zero-order valence-electron chi connectivity index (χ0n) is 14.6. The van der Waals surface area contributed by atoms with E-state index < -0.39 is 0 Å². The van der Waals surface area contributed by atoms with Crippen LogP contribution in [-0.4, -0.2) is 11.9 Å². The van der Waals surface area contributed by atoms with Crippen molar-refractivity contribution in [3.05, 3.63) is 84.9 Å². The fourth-order valence-corrected chi connectivity index (χ4v) is 2.97. The van der Waals surface area contributed by atoms with Gasteiger partial charge >= 0.3 is 0 Å². The van der Waals surface area contributed by atoms with E-state index in [-0.39, 0.29) is 11.9 Å². The number of fused-ring (bicyclic) bond motifs is 2. The Morgan fingerprint density at radius 1 is 0.667 bits per heavy atom. The Morgan fingerprint density at radius 2 is 1.26 bits per heavy atom. The SMILES string of the molecule is NC(=Nc1ccc2ccccc2c1)/N=C(\N)Nc1ccc2ccccc2c1. The largest absolute Gasteiger partial charge is 0.369 e. The van der Waals surface area contributed by atoms with Gasteiger partial charge in [-0.1, -0.05) is 60.7 Å². The van der Waals surface area contributed by atoms with Crippen molar-refractivity contribution < 1.29 is 0 Å². The minimum Gasteiger partial charge on any atom is -0.369 e. The van der Waals surface area contributed by atoms with Gasteiger partial charge in [-0.05, 0) is 45.8 Å². The molecule has 5 N–H and O–H groups in total. The van der Waals surface area contributed by atoms with E-state index in [0.29, 0.717) is 0 Å². The van der Waals surface area contributed by atoms with Gasteiger partial charge in [0.2, 0.25) is 11.9 Å². The van der Waals surface area contributed by atoms with Crippen molar-refractivity contribution in [1.82, 2.24) is 0 Å². The average Bonchev–Trinajstić information content (AvgIpc) is 2.67. The van der Waals surface area contributed by atoms with Gasteiger partial charge in [-0.25, -0.2) is 4.99 Å². The van der Waals surface area contributed by atoms with Crippen LogP contribution in [0.1, 0.15) is 0 Å². The van der Waals surface area contributed by atoms with Crippen LogP contribution in [0.2, 0.25) is 0 Å². The Balaban J connectivity index is 1.54. The number of aliphatic imine (C=N–C) groups is 2. The third-order valence-electron chi connectivity index (χ3n) is 4.23. The van der Waals surface area contributed by atoms with E-state index in [4.69, 9.17) is 11.5 Å². The van der Waals surface area contributed by atoms with Gasteiger partial charge in [0.1, 0.15) is 0 Å². The summed E-state index contributed by atoms with van der Waals surface area (Å²) in [6.45, 7) is 0. The molecule has 0 aliphatic carbocycles. The maximum atomic E-state index is 5.97. The molecule has 4 aromatic carbocycles. The topological polar surface area (TPSA) is 88.8 Å². The molecule has 0 atom stereocenters. The molecule has 0 bridgehead atoms. The second-order valence-corrected chi connectivity index (χ2v) is 6.19. The van der Waals surface area contributed by atoms with Gasteiger partial charge in [0.05, 0.1) is 5.69 Å². The van der Waals surface area contributed by atoms with E-state index in [1.807, 2.05) is 72.8 Å². The molecule has 0 aliphatic rings. The summed E-state index contributed by atoms with van der Waals surface area (Å²) >= 11 is 0. The molecule has 4 rings (SSSR count). The van der Waals surface area contributed by atoms with Crippen LogP contribution in [0.4, 0.5) is 11.4 Å². The third kappa shape index (κ3) is 3.88. The van der Waals surface area contributed by atoms with Crippen molar-refractivity contribution >= 4 is 44.8 Å². The van der Waals surface area contributed by atoms with Crippen molar-refractivity contribution in [1.29, 1.82) is 0 Å². The number of rotatable bonds is 2. The summed E-state index contributed by atoms with van der Waals surface area (Å²) in [5.74, 6) is 0.281. The van der Waals surface area contributed by atoms with E-state index in [1.165, 1.54) is 0 Å². The second-order valence-electron chi connectivity index (χ2n) is 6.19. The van der Waals surface area contributed by atoms with Crippen LogP contribution in [0.15, 0.2) is 94.9 Å². The summed E-state index contributed by atoms with van der Waals surface area (Å²) in [5, 5.41) is 7.57. The number of anilines is 1. The highest BCUT2D eigenvalue weighted by Crippen LogP contribution is 2.21. The molecular weight excluding hydrogens is 334 g/mol. The molecule has 132 valence electrons. The number of nitrogens with zero attached hydrogens (tertiary/aromatic N) is 2. The van der Waals surface area contributed by atoms with Crippen LogP contribution < -0.4 is 16.8 Å². The molecule has 0 saturated carbocycles. The molecule has 0 spiro atoms. The van der Waals surface area contributed by atoms with Crippen LogP contribution in [0.3, 0.4) is 0 Å². The summed E-state index contributed by atoms with van der Waals surface area (Å²) < 4.78 is 0. The van der Waals surface area contributed by atoms with Gasteiger partial charge in [0, 0.05) is 5.69 Å². The monoisotopic (exact) mass is 353 g/mol.